The number of hydrogen-bond donors (Lipinski definition) is 2. The summed E-state index contributed by atoms with van der Waals surface area (Å²) in [5.41, 5.74) is 0. The van der Waals surface area contributed by atoms with Crippen LogP contribution in [0.25, 0.3) is 0 Å². The lowest BCUT2D eigenvalue weighted by molar-refractivity contribution is -0.0565. The van der Waals surface area contributed by atoms with Gasteiger partial charge in [0, 0.05) is 12.5 Å². The van der Waals surface area contributed by atoms with Crippen LogP contribution in [0.3, 0.4) is 0 Å². The number of ether oxygens (including phenoxy) is 1. The van der Waals surface area contributed by atoms with Gasteiger partial charge in [-0.25, -0.2) is 0 Å². The van der Waals surface area contributed by atoms with Gasteiger partial charge in [-0.3, -0.25) is 0 Å². The van der Waals surface area contributed by atoms with Crippen LogP contribution in [0.5, 0.6) is 0 Å². The van der Waals surface area contributed by atoms with Crippen molar-refractivity contribution in [1.82, 2.24) is 0 Å². The quantitative estimate of drug-likeness (QED) is 0.656. The summed E-state index contributed by atoms with van der Waals surface area (Å²) in [7, 11) is 0. The molecule has 0 spiro atoms. The van der Waals surface area contributed by atoms with Crippen LogP contribution in [0, 0.1) is 5.92 Å². The maximum absolute atomic E-state index is 9.70. The van der Waals surface area contributed by atoms with Gasteiger partial charge in [-0.15, -0.1) is 0 Å². The lowest BCUT2D eigenvalue weighted by Crippen LogP contribution is -2.36. The van der Waals surface area contributed by atoms with Crippen molar-refractivity contribution in [2.24, 2.45) is 5.92 Å². The van der Waals surface area contributed by atoms with Crippen molar-refractivity contribution in [3.05, 3.63) is 0 Å². The molecule has 3 heteroatoms. The third kappa shape index (κ3) is 2.19. The van der Waals surface area contributed by atoms with E-state index >= 15 is 0 Å². The molecule has 2 N–H and O–H groups in total. The van der Waals surface area contributed by atoms with Gasteiger partial charge in [-0.1, -0.05) is 6.92 Å². The van der Waals surface area contributed by atoms with E-state index in [1.165, 1.54) is 0 Å². The second-order valence-corrected chi connectivity index (χ2v) is 3.64. The molecule has 12 heavy (non-hydrogen) atoms. The number of aliphatic hydroxyl groups excluding tert-OH is 2. The first kappa shape index (κ1) is 9.96. The fourth-order valence-corrected chi connectivity index (χ4v) is 1.50. The monoisotopic (exact) mass is 174 g/mol. The molecule has 0 radical (unpaired) electrons. The van der Waals surface area contributed by atoms with Crippen molar-refractivity contribution >= 4 is 0 Å². The standard InChI is InChI=1S/C9H18O3/c1-6(7(2)10)9(11)8-4-3-5-12-8/h6-11H,3-5H2,1-2H3. The molecule has 3 nitrogen and oxygen atoms in total. The Bertz CT molecular complexity index is 128. The maximum Gasteiger partial charge on any atom is 0.0851 e. The fourth-order valence-electron chi connectivity index (χ4n) is 1.50. The predicted molar refractivity (Wildman–Crippen MR) is 45.8 cm³/mol. The van der Waals surface area contributed by atoms with E-state index in [0.717, 1.165) is 19.4 Å². The van der Waals surface area contributed by atoms with Crippen LogP contribution in [0.1, 0.15) is 26.7 Å². The summed E-state index contributed by atoms with van der Waals surface area (Å²) in [6, 6.07) is 0. The highest BCUT2D eigenvalue weighted by Crippen LogP contribution is 2.22. The van der Waals surface area contributed by atoms with Crippen molar-refractivity contribution in [2.75, 3.05) is 6.61 Å². The van der Waals surface area contributed by atoms with Gasteiger partial charge in [0.15, 0.2) is 0 Å². The second-order valence-electron chi connectivity index (χ2n) is 3.64. The zero-order chi connectivity index (χ0) is 9.14. The third-order valence-electron chi connectivity index (χ3n) is 2.65. The van der Waals surface area contributed by atoms with Gasteiger partial charge in [0.25, 0.3) is 0 Å². The topological polar surface area (TPSA) is 49.7 Å². The molecule has 1 aliphatic rings. The summed E-state index contributed by atoms with van der Waals surface area (Å²) < 4.78 is 5.32. The number of aliphatic hydroxyl groups is 2. The molecule has 0 saturated carbocycles. The summed E-state index contributed by atoms with van der Waals surface area (Å²) in [4.78, 5) is 0. The molecule has 0 bridgehead atoms. The molecule has 1 aliphatic heterocycles. The first-order valence-corrected chi connectivity index (χ1v) is 4.60. The van der Waals surface area contributed by atoms with Gasteiger partial charge in [0.05, 0.1) is 18.3 Å². The fraction of sp³-hybridized carbons (Fsp3) is 1.00. The molecular weight excluding hydrogens is 156 g/mol. The lowest BCUT2D eigenvalue weighted by atomic mass is 9.94. The smallest absolute Gasteiger partial charge is 0.0851 e. The number of rotatable bonds is 3. The van der Waals surface area contributed by atoms with Crippen molar-refractivity contribution in [2.45, 2.75) is 45.0 Å². The molecule has 0 aromatic carbocycles. The van der Waals surface area contributed by atoms with Crippen LogP contribution in [0.4, 0.5) is 0 Å². The Labute approximate surface area is 73.4 Å². The molecule has 1 fully saturated rings. The first-order valence-electron chi connectivity index (χ1n) is 4.60. The minimum absolute atomic E-state index is 0.0606. The Morgan fingerprint density at radius 1 is 1.33 bits per heavy atom. The van der Waals surface area contributed by atoms with Crippen molar-refractivity contribution in [3.63, 3.8) is 0 Å². The Morgan fingerprint density at radius 3 is 2.42 bits per heavy atom. The summed E-state index contributed by atoms with van der Waals surface area (Å²) in [6.07, 6.45) is 0.887. The van der Waals surface area contributed by atoms with E-state index < -0.39 is 12.2 Å². The Balaban J connectivity index is 2.39. The molecule has 1 rings (SSSR count). The highest BCUT2D eigenvalue weighted by molar-refractivity contribution is 4.80. The minimum Gasteiger partial charge on any atom is -0.393 e. The highest BCUT2D eigenvalue weighted by Gasteiger charge is 2.30. The average molecular weight is 174 g/mol. The third-order valence-corrected chi connectivity index (χ3v) is 2.65. The largest absolute Gasteiger partial charge is 0.393 e. The summed E-state index contributed by atoms with van der Waals surface area (Å²) >= 11 is 0. The van der Waals surface area contributed by atoms with E-state index in [2.05, 4.69) is 0 Å². The van der Waals surface area contributed by atoms with E-state index in [1.54, 1.807) is 6.92 Å². The molecule has 0 amide bonds. The van der Waals surface area contributed by atoms with Gasteiger partial charge in [0.1, 0.15) is 0 Å². The molecule has 0 aromatic rings. The van der Waals surface area contributed by atoms with E-state index in [4.69, 9.17) is 4.74 Å². The number of hydrogen-bond acceptors (Lipinski definition) is 3. The van der Waals surface area contributed by atoms with Gasteiger partial charge in [-0.05, 0) is 19.8 Å². The first-order chi connectivity index (χ1) is 5.63. The van der Waals surface area contributed by atoms with Crippen LogP contribution in [-0.4, -0.2) is 35.1 Å². The lowest BCUT2D eigenvalue weighted by Gasteiger charge is -2.25. The normalized spacial score (nSPS) is 31.5. The molecule has 0 aliphatic carbocycles. The van der Waals surface area contributed by atoms with Crippen molar-refractivity contribution in [1.29, 1.82) is 0 Å². The predicted octanol–water partition coefficient (Wildman–Crippen LogP) is 0.543. The molecule has 72 valence electrons. The summed E-state index contributed by atoms with van der Waals surface area (Å²) in [5, 5.41) is 18.9. The van der Waals surface area contributed by atoms with Crippen molar-refractivity contribution in [3.8, 4) is 0 Å². The van der Waals surface area contributed by atoms with Crippen LogP contribution < -0.4 is 0 Å². The van der Waals surface area contributed by atoms with E-state index in [9.17, 15) is 10.2 Å². The SMILES string of the molecule is CC(O)C(C)C(O)C1CCCO1. The highest BCUT2D eigenvalue weighted by atomic mass is 16.5. The van der Waals surface area contributed by atoms with E-state index in [1.807, 2.05) is 6.92 Å². The summed E-state index contributed by atoms with van der Waals surface area (Å²) in [6.45, 7) is 4.29. The molecule has 4 unspecified atom stereocenters. The van der Waals surface area contributed by atoms with Crippen LogP contribution >= 0.6 is 0 Å². The average Bonchev–Trinajstić information content (AvgIpc) is 2.53. The van der Waals surface area contributed by atoms with Crippen LogP contribution in [0.15, 0.2) is 0 Å². The van der Waals surface area contributed by atoms with E-state index in [0.29, 0.717) is 0 Å². The minimum atomic E-state index is -0.521. The van der Waals surface area contributed by atoms with Gasteiger partial charge < -0.3 is 14.9 Å². The zero-order valence-electron chi connectivity index (χ0n) is 7.73. The van der Waals surface area contributed by atoms with Crippen LogP contribution in [0.2, 0.25) is 0 Å². The Morgan fingerprint density at radius 2 is 2.00 bits per heavy atom. The maximum atomic E-state index is 9.70. The van der Waals surface area contributed by atoms with Crippen LogP contribution in [-0.2, 0) is 4.74 Å². The second kappa shape index (κ2) is 4.21. The Hall–Kier alpha value is -0.120. The van der Waals surface area contributed by atoms with Gasteiger partial charge in [0.2, 0.25) is 0 Å². The van der Waals surface area contributed by atoms with Gasteiger partial charge >= 0.3 is 0 Å². The van der Waals surface area contributed by atoms with Gasteiger partial charge in [-0.2, -0.15) is 0 Å². The molecular formula is C9H18O3. The molecule has 1 saturated heterocycles. The molecule has 1 heterocycles. The Kier molecular flexibility index (Phi) is 3.50. The molecule has 0 aromatic heterocycles. The van der Waals surface area contributed by atoms with E-state index in [-0.39, 0.29) is 12.0 Å². The zero-order valence-corrected chi connectivity index (χ0v) is 7.73. The summed E-state index contributed by atoms with van der Waals surface area (Å²) in [5.74, 6) is -0.104. The van der Waals surface area contributed by atoms with Crippen molar-refractivity contribution < 1.29 is 14.9 Å². The molecule has 4 atom stereocenters.